The maximum Gasteiger partial charge on any atom is 0.416 e. The van der Waals surface area contributed by atoms with Gasteiger partial charge in [-0.15, -0.1) is 10.2 Å². The standard InChI is InChI=1S/C20H18F3N5O2S/c21-20(22,23)15-2-1-3-16(12-15)27-8-10-28(11-9-27)17(29)13-31-19-26-25-18(30-19)14-4-6-24-7-5-14/h1-7,12H,8-11,13H2. The SMILES string of the molecule is O=C(CSc1nnc(-c2ccncc2)o1)N1CCN(c2cccc(C(F)(F)F)c2)CC1. The van der Waals surface area contributed by atoms with Crippen LogP contribution in [0.1, 0.15) is 5.56 Å². The lowest BCUT2D eigenvalue weighted by Gasteiger charge is -2.36. The van der Waals surface area contributed by atoms with Crippen LogP contribution in [0.5, 0.6) is 0 Å². The number of hydrogen-bond acceptors (Lipinski definition) is 7. The summed E-state index contributed by atoms with van der Waals surface area (Å²) >= 11 is 1.15. The molecule has 1 aliphatic heterocycles. The van der Waals surface area contributed by atoms with E-state index in [0.29, 0.717) is 43.0 Å². The molecule has 1 saturated heterocycles. The van der Waals surface area contributed by atoms with E-state index in [1.54, 1.807) is 35.5 Å². The Morgan fingerprint density at radius 2 is 1.81 bits per heavy atom. The van der Waals surface area contributed by atoms with Crippen molar-refractivity contribution in [3.8, 4) is 11.5 Å². The lowest BCUT2D eigenvalue weighted by molar-refractivity contribution is -0.137. The predicted octanol–water partition coefficient (Wildman–Crippen LogP) is 3.59. The molecule has 0 aliphatic carbocycles. The number of carbonyl (C=O) groups excluding carboxylic acids is 1. The zero-order chi connectivity index (χ0) is 21.8. The highest BCUT2D eigenvalue weighted by Crippen LogP contribution is 2.32. The fourth-order valence-electron chi connectivity index (χ4n) is 3.19. The molecule has 1 fully saturated rings. The number of anilines is 1. The minimum absolute atomic E-state index is 0.0858. The van der Waals surface area contributed by atoms with Gasteiger partial charge in [0, 0.05) is 49.8 Å². The third kappa shape index (κ3) is 5.16. The van der Waals surface area contributed by atoms with Crippen LogP contribution in [0.2, 0.25) is 0 Å². The largest absolute Gasteiger partial charge is 0.416 e. The number of benzene rings is 1. The summed E-state index contributed by atoms with van der Waals surface area (Å²) in [6, 6.07) is 8.74. The summed E-state index contributed by atoms with van der Waals surface area (Å²) in [6.45, 7) is 1.79. The number of pyridine rings is 1. The van der Waals surface area contributed by atoms with Crippen LogP contribution in [0, 0.1) is 0 Å². The molecule has 0 spiro atoms. The van der Waals surface area contributed by atoms with Crippen molar-refractivity contribution in [1.82, 2.24) is 20.1 Å². The quantitative estimate of drug-likeness (QED) is 0.551. The molecule has 162 valence electrons. The highest BCUT2D eigenvalue weighted by Gasteiger charge is 2.31. The van der Waals surface area contributed by atoms with Crippen molar-refractivity contribution in [2.75, 3.05) is 36.8 Å². The van der Waals surface area contributed by atoms with Gasteiger partial charge in [-0.3, -0.25) is 9.78 Å². The van der Waals surface area contributed by atoms with E-state index < -0.39 is 11.7 Å². The smallest absolute Gasteiger partial charge is 0.411 e. The lowest BCUT2D eigenvalue weighted by Crippen LogP contribution is -2.49. The Hall–Kier alpha value is -3.08. The van der Waals surface area contributed by atoms with Crippen LogP contribution >= 0.6 is 11.8 Å². The van der Waals surface area contributed by atoms with Crippen LogP contribution in [0.25, 0.3) is 11.5 Å². The van der Waals surface area contributed by atoms with Crippen molar-refractivity contribution in [3.63, 3.8) is 0 Å². The van der Waals surface area contributed by atoms with Crippen LogP contribution in [0.3, 0.4) is 0 Å². The third-order valence-corrected chi connectivity index (χ3v) is 5.63. The van der Waals surface area contributed by atoms with Crippen LogP contribution < -0.4 is 4.90 Å². The van der Waals surface area contributed by atoms with Crippen LogP contribution in [0.15, 0.2) is 58.4 Å². The van der Waals surface area contributed by atoms with Gasteiger partial charge in [-0.25, -0.2) is 0 Å². The summed E-state index contributed by atoms with van der Waals surface area (Å²) in [6.07, 6.45) is -1.14. The highest BCUT2D eigenvalue weighted by atomic mass is 32.2. The van der Waals surface area contributed by atoms with Gasteiger partial charge in [0.25, 0.3) is 5.22 Å². The van der Waals surface area contributed by atoms with Crippen molar-refractivity contribution in [2.45, 2.75) is 11.4 Å². The summed E-state index contributed by atoms with van der Waals surface area (Å²) in [5, 5.41) is 8.21. The molecule has 0 unspecified atom stereocenters. The van der Waals surface area contributed by atoms with Gasteiger partial charge in [-0.05, 0) is 30.3 Å². The van der Waals surface area contributed by atoms with Crippen molar-refractivity contribution in [2.24, 2.45) is 0 Å². The van der Waals surface area contributed by atoms with E-state index in [-0.39, 0.29) is 11.7 Å². The van der Waals surface area contributed by atoms with Crippen molar-refractivity contribution in [1.29, 1.82) is 0 Å². The summed E-state index contributed by atoms with van der Waals surface area (Å²) in [7, 11) is 0. The minimum atomic E-state index is -4.38. The average molecular weight is 449 g/mol. The van der Waals surface area contributed by atoms with E-state index in [0.717, 1.165) is 29.5 Å². The molecule has 7 nitrogen and oxygen atoms in total. The second kappa shape index (κ2) is 8.96. The molecule has 31 heavy (non-hydrogen) atoms. The van der Waals surface area contributed by atoms with Gasteiger partial charge in [-0.2, -0.15) is 13.2 Å². The van der Waals surface area contributed by atoms with E-state index in [1.807, 2.05) is 4.90 Å². The molecule has 1 amide bonds. The number of aromatic nitrogens is 3. The Bertz CT molecular complexity index is 1040. The molecule has 4 rings (SSSR count). The van der Waals surface area contributed by atoms with Gasteiger partial charge in [0.15, 0.2) is 0 Å². The van der Waals surface area contributed by atoms with Crippen LogP contribution in [0.4, 0.5) is 18.9 Å². The predicted molar refractivity (Wildman–Crippen MR) is 108 cm³/mol. The van der Waals surface area contributed by atoms with Gasteiger partial charge < -0.3 is 14.2 Å². The number of amides is 1. The Labute approximate surface area is 180 Å². The van der Waals surface area contributed by atoms with E-state index in [2.05, 4.69) is 15.2 Å². The minimum Gasteiger partial charge on any atom is -0.411 e. The fourth-order valence-corrected chi connectivity index (χ4v) is 3.85. The number of nitrogens with zero attached hydrogens (tertiary/aromatic N) is 5. The fraction of sp³-hybridized carbons (Fsp3) is 0.300. The van der Waals surface area contributed by atoms with Crippen LogP contribution in [-0.4, -0.2) is 57.9 Å². The maximum atomic E-state index is 12.9. The molecule has 1 aliphatic rings. The maximum absolute atomic E-state index is 12.9. The van der Waals surface area contributed by atoms with Gasteiger partial charge in [0.05, 0.1) is 11.3 Å². The first-order valence-corrected chi connectivity index (χ1v) is 10.5. The number of halogens is 3. The van der Waals surface area contributed by atoms with Crippen molar-refractivity contribution in [3.05, 3.63) is 54.4 Å². The number of thioether (sulfide) groups is 1. The Balaban J connectivity index is 1.29. The Morgan fingerprint density at radius 3 is 2.52 bits per heavy atom. The monoisotopic (exact) mass is 449 g/mol. The second-order valence-electron chi connectivity index (χ2n) is 6.81. The molecular formula is C20H18F3N5O2S. The molecule has 3 heterocycles. The normalized spacial score (nSPS) is 14.7. The van der Waals surface area contributed by atoms with Crippen molar-refractivity contribution >= 4 is 23.4 Å². The van der Waals surface area contributed by atoms with Gasteiger partial charge in [0.1, 0.15) is 0 Å². The van der Waals surface area contributed by atoms with E-state index in [1.165, 1.54) is 6.07 Å². The summed E-state index contributed by atoms with van der Waals surface area (Å²) in [5.41, 5.74) is 0.572. The zero-order valence-corrected chi connectivity index (χ0v) is 17.1. The van der Waals surface area contributed by atoms with Crippen molar-refractivity contribution < 1.29 is 22.4 Å². The first kappa shape index (κ1) is 21.2. The molecular weight excluding hydrogens is 431 g/mol. The van der Waals surface area contributed by atoms with Gasteiger partial charge in [0.2, 0.25) is 11.8 Å². The van der Waals surface area contributed by atoms with E-state index in [9.17, 15) is 18.0 Å². The number of hydrogen-bond donors (Lipinski definition) is 0. The van der Waals surface area contributed by atoms with Gasteiger partial charge >= 0.3 is 6.18 Å². The molecule has 1 aromatic carbocycles. The lowest BCUT2D eigenvalue weighted by atomic mass is 10.1. The summed E-state index contributed by atoms with van der Waals surface area (Å²) in [5.74, 6) is 0.408. The number of carbonyl (C=O) groups is 1. The molecule has 3 aromatic rings. The van der Waals surface area contributed by atoms with Gasteiger partial charge in [-0.1, -0.05) is 17.8 Å². The zero-order valence-electron chi connectivity index (χ0n) is 16.2. The first-order chi connectivity index (χ1) is 14.9. The molecule has 2 aromatic heterocycles. The Morgan fingerprint density at radius 1 is 1.06 bits per heavy atom. The van der Waals surface area contributed by atoms with E-state index in [4.69, 9.17) is 4.42 Å². The number of alkyl halides is 3. The number of piperazine rings is 1. The molecule has 0 radical (unpaired) electrons. The third-order valence-electron chi connectivity index (χ3n) is 4.82. The molecule has 11 heteroatoms. The topological polar surface area (TPSA) is 75.4 Å². The van der Waals surface area contributed by atoms with Crippen LogP contribution in [-0.2, 0) is 11.0 Å². The summed E-state index contributed by atoms with van der Waals surface area (Å²) < 4.78 is 44.4. The second-order valence-corrected chi connectivity index (χ2v) is 7.74. The molecule has 0 saturated carbocycles. The molecule has 0 N–H and O–H groups in total. The molecule has 0 bridgehead atoms. The van der Waals surface area contributed by atoms with E-state index >= 15 is 0 Å². The molecule has 0 atom stereocenters. The highest BCUT2D eigenvalue weighted by molar-refractivity contribution is 7.99. The average Bonchev–Trinajstić information content (AvgIpc) is 3.27. The summed E-state index contributed by atoms with van der Waals surface area (Å²) in [4.78, 5) is 20.0. The number of rotatable bonds is 5. The Kier molecular flexibility index (Phi) is 6.12. The first-order valence-electron chi connectivity index (χ1n) is 9.47.